The number of hydrogen-bond donors (Lipinski definition) is 1. The van der Waals surface area contributed by atoms with Crippen LogP contribution >= 0.6 is 22.9 Å². The van der Waals surface area contributed by atoms with E-state index in [-0.39, 0.29) is 22.4 Å². The first kappa shape index (κ1) is 19.7. The summed E-state index contributed by atoms with van der Waals surface area (Å²) in [6.07, 6.45) is -0.233. The Morgan fingerprint density at radius 3 is 2.61 bits per heavy atom. The maximum atomic E-state index is 12.4. The van der Waals surface area contributed by atoms with Gasteiger partial charge in [-0.05, 0) is 44.2 Å². The maximum Gasteiger partial charge on any atom is 0.338 e. The fraction of sp³-hybridized carbons (Fsp3) is 0.167. The molecule has 8 nitrogen and oxygen atoms in total. The Morgan fingerprint density at radius 1 is 1.21 bits per heavy atom. The quantitative estimate of drug-likeness (QED) is 0.365. The van der Waals surface area contributed by atoms with E-state index in [1.54, 1.807) is 32.0 Å². The van der Waals surface area contributed by atoms with Gasteiger partial charge in [-0.25, -0.2) is 9.78 Å². The summed E-state index contributed by atoms with van der Waals surface area (Å²) in [5.74, 6) is -0.998. The lowest BCUT2D eigenvalue weighted by molar-refractivity contribution is -0.384. The van der Waals surface area contributed by atoms with Crippen LogP contribution in [0.2, 0.25) is 5.02 Å². The first-order chi connectivity index (χ1) is 13.2. The summed E-state index contributed by atoms with van der Waals surface area (Å²) in [5, 5.41) is 13.8. The van der Waals surface area contributed by atoms with Gasteiger partial charge in [-0.15, -0.1) is 0 Å². The molecular formula is C18H14ClN3O5S. The van der Waals surface area contributed by atoms with Crippen LogP contribution in [0.4, 0.5) is 10.8 Å². The molecule has 0 fully saturated rings. The number of fused-ring (bicyclic) bond motifs is 1. The zero-order valence-electron chi connectivity index (χ0n) is 14.8. The SMILES string of the molecule is CC(C)OC(=O)c1ccc2nc(NC(=O)c3ccc(Cl)c([N+](=O)[O-])c3)sc2c1. The summed E-state index contributed by atoms with van der Waals surface area (Å²) in [6.45, 7) is 3.52. The van der Waals surface area contributed by atoms with Crippen molar-refractivity contribution in [2.45, 2.75) is 20.0 Å². The van der Waals surface area contributed by atoms with E-state index in [0.717, 1.165) is 6.07 Å². The fourth-order valence-electron chi connectivity index (χ4n) is 2.35. The molecule has 1 aromatic heterocycles. The van der Waals surface area contributed by atoms with Crippen LogP contribution in [0.25, 0.3) is 10.2 Å². The monoisotopic (exact) mass is 419 g/mol. The van der Waals surface area contributed by atoms with E-state index < -0.39 is 16.8 Å². The van der Waals surface area contributed by atoms with E-state index in [0.29, 0.717) is 20.9 Å². The zero-order valence-corrected chi connectivity index (χ0v) is 16.3. The number of amides is 1. The van der Waals surface area contributed by atoms with Gasteiger partial charge in [0.1, 0.15) is 5.02 Å². The summed E-state index contributed by atoms with van der Waals surface area (Å²) in [7, 11) is 0. The Kier molecular flexibility index (Phi) is 5.57. The minimum Gasteiger partial charge on any atom is -0.459 e. The molecule has 0 saturated heterocycles. The Bertz CT molecular complexity index is 1100. The van der Waals surface area contributed by atoms with Gasteiger partial charge in [0, 0.05) is 11.6 Å². The third-order valence-corrected chi connectivity index (χ3v) is 4.85. The third kappa shape index (κ3) is 4.26. The lowest BCUT2D eigenvalue weighted by atomic mass is 10.2. The molecule has 1 amide bonds. The average Bonchev–Trinajstić information content (AvgIpc) is 3.02. The van der Waals surface area contributed by atoms with Crippen LogP contribution in [0, 0.1) is 10.1 Å². The van der Waals surface area contributed by atoms with Crippen LogP contribution in [0.5, 0.6) is 0 Å². The lowest BCUT2D eigenvalue weighted by Crippen LogP contribution is -2.11. The number of ether oxygens (including phenoxy) is 1. The van der Waals surface area contributed by atoms with Gasteiger partial charge in [0.05, 0.1) is 26.8 Å². The highest BCUT2D eigenvalue weighted by atomic mass is 35.5. The number of hydrogen-bond acceptors (Lipinski definition) is 7. The molecule has 144 valence electrons. The fourth-order valence-corrected chi connectivity index (χ4v) is 3.44. The second kappa shape index (κ2) is 7.91. The van der Waals surface area contributed by atoms with Gasteiger partial charge in [-0.3, -0.25) is 20.2 Å². The number of nitrogens with one attached hydrogen (secondary N) is 1. The second-order valence-corrected chi connectivity index (χ2v) is 7.47. The van der Waals surface area contributed by atoms with E-state index in [4.69, 9.17) is 16.3 Å². The van der Waals surface area contributed by atoms with Gasteiger partial charge in [0.15, 0.2) is 5.13 Å². The molecule has 0 saturated carbocycles. The lowest BCUT2D eigenvalue weighted by Gasteiger charge is -2.07. The van der Waals surface area contributed by atoms with Gasteiger partial charge in [0.25, 0.3) is 11.6 Å². The molecule has 0 spiro atoms. The number of esters is 1. The number of nitrogens with zero attached hydrogens (tertiary/aromatic N) is 2. The molecule has 1 heterocycles. The van der Waals surface area contributed by atoms with Crippen molar-refractivity contribution in [2.75, 3.05) is 5.32 Å². The highest BCUT2D eigenvalue weighted by molar-refractivity contribution is 7.22. The van der Waals surface area contributed by atoms with Gasteiger partial charge in [0.2, 0.25) is 0 Å². The summed E-state index contributed by atoms with van der Waals surface area (Å²) in [4.78, 5) is 39.0. The molecule has 0 bridgehead atoms. The first-order valence-corrected chi connectivity index (χ1v) is 9.31. The normalized spacial score (nSPS) is 10.9. The van der Waals surface area contributed by atoms with Crippen molar-refractivity contribution in [3.63, 3.8) is 0 Å². The van der Waals surface area contributed by atoms with Crippen LogP contribution < -0.4 is 5.32 Å². The smallest absolute Gasteiger partial charge is 0.338 e. The van der Waals surface area contributed by atoms with Crippen LogP contribution in [-0.4, -0.2) is 27.9 Å². The number of benzene rings is 2. The number of carbonyl (C=O) groups excluding carboxylic acids is 2. The summed E-state index contributed by atoms with van der Waals surface area (Å²) in [5.41, 5.74) is 0.711. The molecule has 3 aromatic rings. The number of rotatable bonds is 5. The largest absolute Gasteiger partial charge is 0.459 e. The van der Waals surface area contributed by atoms with Crippen LogP contribution in [0.15, 0.2) is 36.4 Å². The molecule has 0 atom stereocenters. The van der Waals surface area contributed by atoms with Crippen LogP contribution in [0.3, 0.4) is 0 Å². The molecule has 1 N–H and O–H groups in total. The Morgan fingerprint density at radius 2 is 1.93 bits per heavy atom. The number of nitro groups is 1. The molecule has 0 radical (unpaired) electrons. The number of halogens is 1. The number of aromatic nitrogens is 1. The van der Waals surface area contributed by atoms with Gasteiger partial charge >= 0.3 is 5.97 Å². The van der Waals surface area contributed by atoms with Gasteiger partial charge in [-0.2, -0.15) is 0 Å². The van der Waals surface area contributed by atoms with E-state index >= 15 is 0 Å². The summed E-state index contributed by atoms with van der Waals surface area (Å²) < 4.78 is 5.85. The number of nitro benzene ring substituents is 1. The standard InChI is InChI=1S/C18H14ClN3O5S/c1-9(2)27-17(24)11-4-6-13-15(8-11)28-18(20-13)21-16(23)10-3-5-12(19)14(7-10)22(25)26/h3-9H,1-2H3,(H,20,21,23). The highest BCUT2D eigenvalue weighted by Crippen LogP contribution is 2.29. The topological polar surface area (TPSA) is 111 Å². The molecule has 10 heteroatoms. The summed E-state index contributed by atoms with van der Waals surface area (Å²) in [6, 6.07) is 8.68. The van der Waals surface area contributed by atoms with Gasteiger partial charge in [-0.1, -0.05) is 22.9 Å². The zero-order chi connectivity index (χ0) is 20.4. The average molecular weight is 420 g/mol. The molecule has 28 heavy (non-hydrogen) atoms. The van der Waals surface area contributed by atoms with Gasteiger partial charge < -0.3 is 4.74 Å². The van der Waals surface area contributed by atoms with E-state index in [1.165, 1.54) is 23.5 Å². The number of carbonyl (C=O) groups is 2. The molecule has 0 aliphatic rings. The van der Waals surface area contributed by atoms with Crippen molar-refractivity contribution in [1.82, 2.24) is 4.98 Å². The first-order valence-electron chi connectivity index (χ1n) is 8.11. The molecular weight excluding hydrogens is 406 g/mol. The van der Waals surface area contributed by atoms with E-state index in [2.05, 4.69) is 10.3 Å². The predicted octanol–water partition coefficient (Wildman–Crippen LogP) is 4.68. The Hall–Kier alpha value is -3.04. The van der Waals surface area contributed by atoms with Crippen LogP contribution in [0.1, 0.15) is 34.6 Å². The van der Waals surface area contributed by atoms with Crippen molar-refractivity contribution in [2.24, 2.45) is 0 Å². The van der Waals surface area contributed by atoms with Crippen molar-refractivity contribution in [1.29, 1.82) is 0 Å². The minimum absolute atomic E-state index is 0.0534. The summed E-state index contributed by atoms with van der Waals surface area (Å²) >= 11 is 6.93. The Labute approximate surface area is 168 Å². The van der Waals surface area contributed by atoms with Crippen molar-refractivity contribution in [3.05, 3.63) is 62.7 Å². The third-order valence-electron chi connectivity index (χ3n) is 3.59. The number of anilines is 1. The predicted molar refractivity (Wildman–Crippen MR) is 106 cm³/mol. The molecule has 3 rings (SSSR count). The molecule has 2 aromatic carbocycles. The highest BCUT2D eigenvalue weighted by Gasteiger charge is 2.18. The second-order valence-electron chi connectivity index (χ2n) is 6.03. The van der Waals surface area contributed by atoms with Crippen molar-refractivity contribution in [3.8, 4) is 0 Å². The van der Waals surface area contributed by atoms with Crippen molar-refractivity contribution < 1.29 is 19.2 Å². The van der Waals surface area contributed by atoms with Crippen LogP contribution in [-0.2, 0) is 4.74 Å². The minimum atomic E-state index is -0.658. The molecule has 0 aliphatic carbocycles. The van der Waals surface area contributed by atoms with E-state index in [1.807, 2.05) is 0 Å². The van der Waals surface area contributed by atoms with E-state index in [9.17, 15) is 19.7 Å². The van der Waals surface area contributed by atoms with Crippen molar-refractivity contribution >= 4 is 55.8 Å². The molecule has 0 aliphatic heterocycles. The molecule has 0 unspecified atom stereocenters. The maximum absolute atomic E-state index is 12.4. The Balaban J connectivity index is 1.83. The number of thiazole rings is 1.